The second-order valence-corrected chi connectivity index (χ2v) is 12.6. The normalized spacial score (nSPS) is 14.3. The standard InChI is InChI=1S/C40H44N4O6/c45-36-17-15-33(34-16-18-38(47)43-39(34)36)37(46)27-41-22-19-28-11-13-30(14-12-28)49-26-6-23-44-24-20-31(21-25-44)50-40(48)42-35-10-5-4-9-32(35)29-7-2-1-3-8-29/h1-5,7-18,31,37,41,45-46H,6,19-27H2,(H,42,48)(H,43,47)/t37-/m1/s1. The van der Waals surface area contributed by atoms with Gasteiger partial charge in [0.15, 0.2) is 0 Å². The molecule has 0 radical (unpaired) electrons. The number of aromatic nitrogens is 1. The summed E-state index contributed by atoms with van der Waals surface area (Å²) in [4.78, 5) is 29.4. The molecule has 0 saturated carbocycles. The second kappa shape index (κ2) is 17.0. The molecular formula is C40H44N4O6. The number of aromatic hydroxyl groups is 1. The topological polar surface area (TPSA) is 136 Å². The molecule has 260 valence electrons. The van der Waals surface area contributed by atoms with Crippen LogP contribution in [0.5, 0.6) is 11.5 Å². The van der Waals surface area contributed by atoms with E-state index >= 15 is 0 Å². The van der Waals surface area contributed by atoms with Crippen LogP contribution in [0.1, 0.15) is 36.5 Å². The summed E-state index contributed by atoms with van der Waals surface area (Å²) in [6.07, 6.45) is 2.00. The van der Waals surface area contributed by atoms with Crippen molar-refractivity contribution in [3.8, 4) is 22.6 Å². The molecule has 1 aliphatic heterocycles. The van der Waals surface area contributed by atoms with Gasteiger partial charge in [0.1, 0.15) is 17.6 Å². The van der Waals surface area contributed by atoms with Crippen LogP contribution < -0.4 is 20.9 Å². The number of nitrogens with zero attached hydrogens (tertiary/aromatic N) is 1. The smallest absolute Gasteiger partial charge is 0.411 e. The largest absolute Gasteiger partial charge is 0.506 e. The van der Waals surface area contributed by atoms with Crippen molar-refractivity contribution >= 4 is 22.7 Å². The Morgan fingerprint density at radius 1 is 0.920 bits per heavy atom. The number of piperidine rings is 1. The number of hydrogen-bond donors (Lipinski definition) is 5. The maximum Gasteiger partial charge on any atom is 0.411 e. The fourth-order valence-electron chi connectivity index (χ4n) is 6.36. The van der Waals surface area contributed by atoms with Crippen molar-refractivity contribution in [3.63, 3.8) is 0 Å². The van der Waals surface area contributed by atoms with Gasteiger partial charge in [0.25, 0.3) is 0 Å². The molecular weight excluding hydrogens is 632 g/mol. The van der Waals surface area contributed by atoms with E-state index in [1.54, 1.807) is 12.1 Å². The van der Waals surface area contributed by atoms with Gasteiger partial charge in [0.2, 0.25) is 5.56 Å². The first-order valence-corrected chi connectivity index (χ1v) is 17.2. The molecule has 1 atom stereocenters. The van der Waals surface area contributed by atoms with E-state index in [2.05, 4.69) is 32.7 Å². The summed E-state index contributed by atoms with van der Waals surface area (Å²) in [7, 11) is 0. The third-order valence-corrected chi connectivity index (χ3v) is 9.06. The van der Waals surface area contributed by atoms with Crippen LogP contribution in [0.25, 0.3) is 22.0 Å². The molecule has 0 spiro atoms. The van der Waals surface area contributed by atoms with E-state index in [0.29, 0.717) is 36.2 Å². The third-order valence-electron chi connectivity index (χ3n) is 9.06. The molecule has 1 aromatic heterocycles. The maximum atomic E-state index is 12.7. The van der Waals surface area contributed by atoms with Gasteiger partial charge >= 0.3 is 6.09 Å². The zero-order valence-electron chi connectivity index (χ0n) is 28.0. The summed E-state index contributed by atoms with van der Waals surface area (Å²) in [5.74, 6) is 0.808. The highest BCUT2D eigenvalue weighted by atomic mass is 16.6. The lowest BCUT2D eigenvalue weighted by molar-refractivity contribution is 0.0575. The summed E-state index contributed by atoms with van der Waals surface area (Å²) in [5.41, 5.74) is 4.56. The van der Waals surface area contributed by atoms with Crippen molar-refractivity contribution < 1.29 is 24.5 Å². The molecule has 1 aliphatic rings. The number of fused-ring (bicyclic) bond motifs is 1. The number of phenols is 1. The lowest BCUT2D eigenvalue weighted by atomic mass is 10.0. The Morgan fingerprint density at radius 3 is 2.48 bits per heavy atom. The number of H-pyrrole nitrogens is 1. The molecule has 2 heterocycles. The molecule has 5 aromatic rings. The molecule has 5 N–H and O–H groups in total. The number of aromatic amines is 1. The molecule has 1 fully saturated rings. The van der Waals surface area contributed by atoms with Crippen molar-refractivity contribution in [1.29, 1.82) is 0 Å². The van der Waals surface area contributed by atoms with Crippen molar-refractivity contribution in [3.05, 3.63) is 125 Å². The van der Waals surface area contributed by atoms with Gasteiger partial charge in [0, 0.05) is 43.2 Å². The molecule has 6 rings (SSSR count). The monoisotopic (exact) mass is 676 g/mol. The predicted molar refractivity (Wildman–Crippen MR) is 196 cm³/mol. The van der Waals surface area contributed by atoms with Crippen LogP contribution in [0.2, 0.25) is 0 Å². The van der Waals surface area contributed by atoms with Crippen molar-refractivity contribution in [2.75, 3.05) is 44.6 Å². The summed E-state index contributed by atoms with van der Waals surface area (Å²) in [5, 5.41) is 27.7. The number of carbonyl (C=O) groups excluding carboxylic acids is 1. The number of phenolic OH excluding ortho intramolecular Hbond substituents is 1. The van der Waals surface area contributed by atoms with E-state index in [1.165, 1.54) is 12.1 Å². The highest BCUT2D eigenvalue weighted by molar-refractivity contribution is 5.91. The SMILES string of the molecule is O=C(Nc1ccccc1-c1ccccc1)OC1CCN(CCCOc2ccc(CCNC[C@@H](O)c3ccc(O)c4[nH]c(=O)ccc34)cc2)CC1. The van der Waals surface area contributed by atoms with Crippen LogP contribution in [0.4, 0.5) is 10.5 Å². The number of pyridine rings is 1. The van der Waals surface area contributed by atoms with Crippen molar-refractivity contribution in [2.24, 2.45) is 0 Å². The lowest BCUT2D eigenvalue weighted by Crippen LogP contribution is -2.39. The minimum atomic E-state index is -0.792. The van der Waals surface area contributed by atoms with E-state index in [0.717, 1.165) is 73.4 Å². The first-order valence-electron chi connectivity index (χ1n) is 17.2. The summed E-state index contributed by atoms with van der Waals surface area (Å²) >= 11 is 0. The number of ether oxygens (including phenoxy) is 2. The predicted octanol–water partition coefficient (Wildman–Crippen LogP) is 6.25. The Labute approximate surface area is 291 Å². The molecule has 0 unspecified atom stereocenters. The van der Waals surface area contributed by atoms with Gasteiger partial charge in [0.05, 0.1) is 23.9 Å². The summed E-state index contributed by atoms with van der Waals surface area (Å²) in [6.45, 7) is 4.33. The highest BCUT2D eigenvalue weighted by Gasteiger charge is 2.22. The third kappa shape index (κ3) is 9.29. The average molecular weight is 677 g/mol. The number of aliphatic hydroxyl groups excluding tert-OH is 1. The van der Waals surface area contributed by atoms with E-state index in [1.807, 2.05) is 66.7 Å². The molecule has 1 saturated heterocycles. The van der Waals surface area contributed by atoms with Crippen molar-refractivity contribution in [1.82, 2.24) is 15.2 Å². The van der Waals surface area contributed by atoms with Gasteiger partial charge in [-0.15, -0.1) is 0 Å². The number of aliphatic hydroxyl groups is 1. The summed E-state index contributed by atoms with van der Waals surface area (Å²) in [6, 6.07) is 32.0. The molecule has 1 amide bonds. The second-order valence-electron chi connectivity index (χ2n) is 12.6. The van der Waals surface area contributed by atoms with Crippen LogP contribution >= 0.6 is 0 Å². The van der Waals surface area contributed by atoms with Gasteiger partial charge < -0.3 is 34.9 Å². The number of rotatable bonds is 14. The lowest BCUT2D eigenvalue weighted by Gasteiger charge is -2.31. The zero-order chi connectivity index (χ0) is 34.7. The quantitative estimate of drug-likeness (QED) is 0.0872. The molecule has 10 heteroatoms. The Balaban J connectivity index is 0.846. The molecule has 4 aromatic carbocycles. The number of hydrogen-bond acceptors (Lipinski definition) is 8. The van der Waals surface area contributed by atoms with E-state index in [9.17, 15) is 19.8 Å². The number of nitrogens with one attached hydrogen (secondary N) is 3. The Morgan fingerprint density at radius 2 is 1.68 bits per heavy atom. The van der Waals surface area contributed by atoms with Crippen LogP contribution in [0.15, 0.2) is 108 Å². The molecule has 50 heavy (non-hydrogen) atoms. The number of para-hydroxylation sites is 1. The zero-order valence-corrected chi connectivity index (χ0v) is 28.0. The van der Waals surface area contributed by atoms with Gasteiger partial charge in [-0.25, -0.2) is 4.79 Å². The van der Waals surface area contributed by atoms with Gasteiger partial charge in [-0.05, 0) is 79.3 Å². The van der Waals surface area contributed by atoms with Crippen molar-refractivity contribution in [2.45, 2.75) is 37.9 Å². The Kier molecular flexibility index (Phi) is 11.8. The number of amides is 1. The number of likely N-dealkylation sites (tertiary alicyclic amines) is 1. The van der Waals surface area contributed by atoms with E-state index in [4.69, 9.17) is 9.47 Å². The van der Waals surface area contributed by atoms with Gasteiger partial charge in [-0.3, -0.25) is 10.1 Å². The molecule has 0 bridgehead atoms. The number of carbonyl (C=O) groups is 1. The first kappa shape index (κ1) is 34.7. The van der Waals surface area contributed by atoms with E-state index in [-0.39, 0.29) is 17.4 Å². The van der Waals surface area contributed by atoms with Crippen LogP contribution in [-0.4, -0.2) is 71.6 Å². The minimum Gasteiger partial charge on any atom is -0.506 e. The first-order chi connectivity index (χ1) is 24.4. The Hall–Kier alpha value is -5.16. The fourth-order valence-corrected chi connectivity index (χ4v) is 6.36. The van der Waals surface area contributed by atoms with Crippen LogP contribution in [0.3, 0.4) is 0 Å². The molecule has 0 aliphatic carbocycles. The average Bonchev–Trinajstić information content (AvgIpc) is 3.14. The Bertz CT molecular complexity index is 1910. The fraction of sp³-hybridized carbons (Fsp3) is 0.300. The summed E-state index contributed by atoms with van der Waals surface area (Å²) < 4.78 is 11.8. The van der Waals surface area contributed by atoms with Crippen LogP contribution in [-0.2, 0) is 11.2 Å². The number of benzene rings is 4. The molecule has 10 nitrogen and oxygen atoms in total. The van der Waals surface area contributed by atoms with Gasteiger partial charge in [-0.2, -0.15) is 0 Å². The van der Waals surface area contributed by atoms with E-state index < -0.39 is 12.2 Å². The minimum absolute atomic E-state index is 0.0263. The number of anilines is 1. The van der Waals surface area contributed by atoms with Crippen LogP contribution in [0, 0.1) is 0 Å². The maximum absolute atomic E-state index is 12.7. The van der Waals surface area contributed by atoms with Gasteiger partial charge in [-0.1, -0.05) is 66.7 Å². The highest BCUT2D eigenvalue weighted by Crippen LogP contribution is 2.29.